The highest BCUT2D eigenvalue weighted by molar-refractivity contribution is 5.48. The number of hydrogen-bond donors (Lipinski definition) is 1. The van der Waals surface area contributed by atoms with Crippen molar-refractivity contribution in [3.8, 4) is 11.5 Å². The standard InChI is InChI=1S/C29H27F4N3O2/c1-2-24(20-6-4-3-5-7-20)36-27-11-9-22(18-35-27)23(16-19-12-14-34-15-13-19)21-8-10-25(37-28(30)31)26(17-21)38-29(32)33/h3-15,17-18,23-24,28-29H,2,16H2,1H3,(H,35,36)/t23?,24-/m1/s1. The predicted molar refractivity (Wildman–Crippen MR) is 137 cm³/mol. The van der Waals surface area contributed by atoms with Crippen LogP contribution in [0.5, 0.6) is 11.5 Å². The first-order valence-corrected chi connectivity index (χ1v) is 12.1. The second-order valence-corrected chi connectivity index (χ2v) is 8.57. The maximum atomic E-state index is 13.1. The minimum atomic E-state index is -3.20. The molecule has 9 heteroatoms. The maximum Gasteiger partial charge on any atom is 0.387 e. The second kappa shape index (κ2) is 12.9. The number of aromatic nitrogens is 2. The molecule has 2 aromatic carbocycles. The highest BCUT2D eigenvalue weighted by Gasteiger charge is 2.21. The fraction of sp³-hybridized carbons (Fsp3) is 0.241. The first-order chi connectivity index (χ1) is 18.4. The van der Waals surface area contributed by atoms with Crippen molar-refractivity contribution in [3.05, 3.63) is 114 Å². The summed E-state index contributed by atoms with van der Waals surface area (Å²) < 4.78 is 60.7. The molecular weight excluding hydrogens is 498 g/mol. The maximum absolute atomic E-state index is 13.1. The van der Waals surface area contributed by atoms with E-state index in [4.69, 9.17) is 0 Å². The van der Waals surface area contributed by atoms with Gasteiger partial charge in [-0.25, -0.2) is 4.98 Å². The van der Waals surface area contributed by atoms with Gasteiger partial charge < -0.3 is 14.8 Å². The number of alkyl halides is 4. The zero-order valence-corrected chi connectivity index (χ0v) is 20.6. The molecule has 4 rings (SSSR count). The van der Waals surface area contributed by atoms with E-state index >= 15 is 0 Å². The zero-order chi connectivity index (χ0) is 26.9. The van der Waals surface area contributed by atoms with E-state index in [1.807, 2.05) is 42.5 Å². The van der Waals surface area contributed by atoms with Gasteiger partial charge in [-0.2, -0.15) is 17.6 Å². The predicted octanol–water partition coefficient (Wildman–Crippen LogP) is 7.62. The van der Waals surface area contributed by atoms with E-state index in [1.54, 1.807) is 24.7 Å². The van der Waals surface area contributed by atoms with Crippen molar-refractivity contribution in [3.63, 3.8) is 0 Å². The van der Waals surface area contributed by atoms with Crippen LogP contribution in [0, 0.1) is 0 Å². The Balaban J connectivity index is 1.65. The molecule has 0 spiro atoms. The first kappa shape index (κ1) is 26.9. The number of rotatable bonds is 12. The van der Waals surface area contributed by atoms with Crippen LogP contribution in [0.2, 0.25) is 0 Å². The Morgan fingerprint density at radius 3 is 2.08 bits per heavy atom. The van der Waals surface area contributed by atoms with Crippen molar-refractivity contribution < 1.29 is 27.0 Å². The van der Waals surface area contributed by atoms with Crippen LogP contribution in [-0.2, 0) is 6.42 Å². The smallest absolute Gasteiger partial charge is 0.387 e. The van der Waals surface area contributed by atoms with Crippen molar-refractivity contribution >= 4 is 5.82 Å². The third-order valence-corrected chi connectivity index (χ3v) is 6.11. The second-order valence-electron chi connectivity index (χ2n) is 8.57. The van der Waals surface area contributed by atoms with Crippen LogP contribution in [0.1, 0.15) is 47.6 Å². The largest absolute Gasteiger partial charge is 0.431 e. The van der Waals surface area contributed by atoms with Crippen LogP contribution in [0.25, 0.3) is 0 Å². The number of halogens is 4. The summed E-state index contributed by atoms with van der Waals surface area (Å²) in [6, 6.07) is 21.7. The molecule has 0 aliphatic rings. The van der Waals surface area contributed by atoms with E-state index in [-0.39, 0.29) is 12.0 Å². The Morgan fingerprint density at radius 1 is 0.763 bits per heavy atom. The molecule has 5 nitrogen and oxygen atoms in total. The summed E-state index contributed by atoms with van der Waals surface area (Å²) in [4.78, 5) is 8.65. The molecule has 0 saturated carbocycles. The summed E-state index contributed by atoms with van der Waals surface area (Å²) in [5, 5.41) is 3.45. The molecule has 198 valence electrons. The first-order valence-electron chi connectivity index (χ1n) is 12.1. The Labute approximate surface area is 218 Å². The minimum Gasteiger partial charge on any atom is -0.431 e. The molecular formula is C29H27F4N3O2. The van der Waals surface area contributed by atoms with Gasteiger partial charge in [-0.05, 0) is 65.4 Å². The van der Waals surface area contributed by atoms with E-state index in [0.29, 0.717) is 17.8 Å². The van der Waals surface area contributed by atoms with E-state index in [9.17, 15) is 17.6 Å². The van der Waals surface area contributed by atoms with Crippen molar-refractivity contribution in [2.45, 2.75) is 44.9 Å². The summed E-state index contributed by atoms with van der Waals surface area (Å²) >= 11 is 0. The third-order valence-electron chi connectivity index (χ3n) is 6.11. The Kier molecular flexibility index (Phi) is 9.13. The quantitative estimate of drug-likeness (QED) is 0.193. The lowest BCUT2D eigenvalue weighted by Crippen LogP contribution is -2.12. The average Bonchev–Trinajstić information content (AvgIpc) is 2.92. The summed E-state index contributed by atoms with van der Waals surface area (Å²) in [6.45, 7) is -4.29. The normalized spacial score (nSPS) is 12.8. The molecule has 0 aliphatic heterocycles. The molecule has 1 N–H and O–H groups in total. The van der Waals surface area contributed by atoms with E-state index in [2.05, 4.69) is 43.8 Å². The molecule has 2 atom stereocenters. The van der Waals surface area contributed by atoms with Gasteiger partial charge in [0.25, 0.3) is 0 Å². The minimum absolute atomic E-state index is 0.0820. The lowest BCUT2D eigenvalue weighted by molar-refractivity contribution is -0.0692. The third kappa shape index (κ3) is 7.21. The molecule has 0 radical (unpaired) electrons. The van der Waals surface area contributed by atoms with Gasteiger partial charge in [0.2, 0.25) is 0 Å². The van der Waals surface area contributed by atoms with Crippen LogP contribution < -0.4 is 14.8 Å². The SMILES string of the molecule is CC[C@@H](Nc1ccc(C(Cc2ccncc2)c2ccc(OC(F)F)c(OC(F)F)c2)cn1)c1ccccc1. The van der Waals surface area contributed by atoms with Crippen molar-refractivity contribution in [2.75, 3.05) is 5.32 Å². The van der Waals surface area contributed by atoms with Crippen LogP contribution in [0.3, 0.4) is 0 Å². The van der Waals surface area contributed by atoms with Gasteiger partial charge in [0.05, 0.1) is 6.04 Å². The van der Waals surface area contributed by atoms with E-state index in [0.717, 1.165) is 23.1 Å². The number of nitrogens with zero attached hydrogens (tertiary/aromatic N) is 2. The average molecular weight is 526 g/mol. The topological polar surface area (TPSA) is 56.3 Å². The summed E-state index contributed by atoms with van der Waals surface area (Å²) in [7, 11) is 0. The number of anilines is 1. The number of ether oxygens (including phenoxy) is 2. The molecule has 0 aliphatic carbocycles. The molecule has 4 aromatic rings. The molecule has 0 bridgehead atoms. The van der Waals surface area contributed by atoms with Crippen LogP contribution in [-0.4, -0.2) is 23.2 Å². The molecule has 0 fully saturated rings. The summed E-state index contributed by atoms with van der Waals surface area (Å²) in [6.07, 6.45) is 6.40. The Morgan fingerprint density at radius 2 is 1.45 bits per heavy atom. The lowest BCUT2D eigenvalue weighted by Gasteiger charge is -2.22. The highest BCUT2D eigenvalue weighted by Crippen LogP contribution is 2.37. The van der Waals surface area contributed by atoms with Crippen molar-refractivity contribution in [1.82, 2.24) is 9.97 Å². The molecule has 2 heterocycles. The van der Waals surface area contributed by atoms with Gasteiger partial charge in [-0.3, -0.25) is 4.98 Å². The molecule has 0 saturated heterocycles. The van der Waals surface area contributed by atoms with Gasteiger partial charge >= 0.3 is 13.2 Å². The monoisotopic (exact) mass is 525 g/mol. The van der Waals surface area contributed by atoms with Crippen molar-refractivity contribution in [2.24, 2.45) is 0 Å². The molecule has 38 heavy (non-hydrogen) atoms. The fourth-order valence-corrected chi connectivity index (χ4v) is 4.29. The summed E-state index contributed by atoms with van der Waals surface area (Å²) in [5.74, 6) is -0.571. The molecule has 1 unspecified atom stereocenters. The van der Waals surface area contributed by atoms with Gasteiger partial charge in [0.15, 0.2) is 11.5 Å². The van der Waals surface area contributed by atoms with E-state index in [1.165, 1.54) is 12.1 Å². The van der Waals surface area contributed by atoms with Crippen LogP contribution in [0.15, 0.2) is 91.4 Å². The van der Waals surface area contributed by atoms with Crippen LogP contribution in [0.4, 0.5) is 23.4 Å². The van der Waals surface area contributed by atoms with Crippen molar-refractivity contribution in [1.29, 1.82) is 0 Å². The van der Waals surface area contributed by atoms with E-state index < -0.39 is 24.7 Å². The zero-order valence-electron chi connectivity index (χ0n) is 20.6. The molecule has 0 amide bonds. The highest BCUT2D eigenvalue weighted by atomic mass is 19.3. The number of benzene rings is 2. The van der Waals surface area contributed by atoms with Gasteiger partial charge in [-0.1, -0.05) is 49.4 Å². The number of hydrogen-bond acceptors (Lipinski definition) is 5. The molecule has 2 aromatic heterocycles. The van der Waals surface area contributed by atoms with Gasteiger partial charge in [0, 0.05) is 24.5 Å². The van der Waals surface area contributed by atoms with Crippen LogP contribution >= 0.6 is 0 Å². The fourth-order valence-electron chi connectivity index (χ4n) is 4.29. The summed E-state index contributed by atoms with van der Waals surface area (Å²) in [5.41, 5.74) is 3.49. The lowest BCUT2D eigenvalue weighted by atomic mass is 9.86. The van der Waals surface area contributed by atoms with Gasteiger partial charge in [0.1, 0.15) is 5.82 Å². The number of nitrogens with one attached hydrogen (secondary N) is 1. The Bertz CT molecular complexity index is 1280. The number of pyridine rings is 2. The van der Waals surface area contributed by atoms with Gasteiger partial charge in [-0.15, -0.1) is 0 Å². The Hall–Kier alpha value is -4.14.